The number of carbonyl (C=O) groups excluding carboxylic acids is 3. The number of nitrogens with zero attached hydrogens (tertiary/aromatic N) is 4. The van der Waals surface area contributed by atoms with E-state index in [-0.39, 0.29) is 18.2 Å². The molecule has 2 heterocycles. The van der Waals surface area contributed by atoms with Crippen LogP contribution < -0.4 is 10.6 Å². The van der Waals surface area contributed by atoms with E-state index in [2.05, 4.69) is 25.7 Å². The fourth-order valence-corrected chi connectivity index (χ4v) is 3.17. The summed E-state index contributed by atoms with van der Waals surface area (Å²) in [4.78, 5) is 46.6. The maximum absolute atomic E-state index is 13.1. The number of Topliss-reactive ketones (excluding diaryl/α,β-unsaturated/α-hetero) is 1. The molecule has 31 heavy (non-hydrogen) atoms. The number of hydrogen-bond acceptors (Lipinski definition) is 6. The molecule has 1 unspecified atom stereocenters. The highest BCUT2D eigenvalue weighted by Crippen LogP contribution is 2.18. The lowest BCUT2D eigenvalue weighted by molar-refractivity contribution is -0.139. The molecule has 1 aliphatic carbocycles. The van der Waals surface area contributed by atoms with Gasteiger partial charge in [0, 0.05) is 24.9 Å². The Morgan fingerprint density at radius 3 is 2.61 bits per heavy atom. The fraction of sp³-hybridized carbons (Fsp3) is 0.273. The number of rotatable bonds is 8. The highest BCUT2D eigenvalue weighted by atomic mass is 16.2. The van der Waals surface area contributed by atoms with Crippen LogP contribution in [0.2, 0.25) is 0 Å². The highest BCUT2D eigenvalue weighted by molar-refractivity contribution is 6.38. The highest BCUT2D eigenvalue weighted by Gasteiger charge is 2.32. The molecule has 1 aromatic carbocycles. The molecule has 0 aliphatic heterocycles. The number of nitrogens with one attached hydrogen (secondary N) is 2. The molecule has 2 aromatic heterocycles. The molecule has 2 N–H and O–H groups in total. The molecule has 1 atom stereocenters. The predicted octanol–water partition coefficient (Wildman–Crippen LogP) is 1.16. The zero-order valence-corrected chi connectivity index (χ0v) is 17.0. The third-order valence-electron chi connectivity index (χ3n) is 4.87. The van der Waals surface area contributed by atoms with Gasteiger partial charge in [0.2, 0.25) is 5.78 Å². The van der Waals surface area contributed by atoms with Crippen molar-refractivity contribution >= 4 is 17.6 Å². The zero-order chi connectivity index (χ0) is 21.8. The Balaban J connectivity index is 1.58. The van der Waals surface area contributed by atoms with Crippen LogP contribution in [0.15, 0.2) is 55.0 Å². The first kappa shape index (κ1) is 20.4. The summed E-state index contributed by atoms with van der Waals surface area (Å²) in [7, 11) is 0. The summed E-state index contributed by atoms with van der Waals surface area (Å²) in [5.74, 6) is -1.51. The van der Waals surface area contributed by atoms with E-state index >= 15 is 0 Å². The van der Waals surface area contributed by atoms with Gasteiger partial charge in [0.15, 0.2) is 5.82 Å². The van der Waals surface area contributed by atoms with Gasteiger partial charge in [0.1, 0.15) is 11.7 Å². The van der Waals surface area contributed by atoms with Gasteiger partial charge in [-0.1, -0.05) is 30.3 Å². The second-order valence-electron chi connectivity index (χ2n) is 7.47. The van der Waals surface area contributed by atoms with Crippen LogP contribution in [0.5, 0.6) is 0 Å². The van der Waals surface area contributed by atoms with E-state index in [1.807, 2.05) is 30.3 Å². The second kappa shape index (κ2) is 8.86. The molecule has 2 amide bonds. The summed E-state index contributed by atoms with van der Waals surface area (Å²) in [6.07, 6.45) is 6.43. The topological polar surface area (TPSA) is 119 Å². The molecule has 0 spiro atoms. The fourth-order valence-electron chi connectivity index (χ4n) is 3.17. The number of hydrogen-bond donors (Lipinski definition) is 2. The van der Waals surface area contributed by atoms with E-state index in [0.29, 0.717) is 11.5 Å². The molecule has 1 saturated carbocycles. The van der Waals surface area contributed by atoms with Crippen molar-refractivity contribution < 1.29 is 14.4 Å². The molecule has 9 heteroatoms. The third-order valence-corrected chi connectivity index (χ3v) is 4.87. The van der Waals surface area contributed by atoms with Crippen LogP contribution in [0.1, 0.15) is 34.6 Å². The lowest BCUT2D eigenvalue weighted by atomic mass is 10.0. The molecule has 0 saturated heterocycles. The lowest BCUT2D eigenvalue weighted by Gasteiger charge is -2.18. The summed E-state index contributed by atoms with van der Waals surface area (Å²) < 4.78 is 1.37. The Morgan fingerprint density at radius 2 is 1.94 bits per heavy atom. The minimum atomic E-state index is -1.01. The van der Waals surface area contributed by atoms with E-state index in [9.17, 15) is 14.4 Å². The van der Waals surface area contributed by atoms with E-state index in [1.54, 1.807) is 13.0 Å². The van der Waals surface area contributed by atoms with Crippen LogP contribution in [0.25, 0.3) is 5.82 Å². The molecule has 0 radical (unpaired) electrons. The first-order valence-corrected chi connectivity index (χ1v) is 10.0. The van der Waals surface area contributed by atoms with E-state index in [4.69, 9.17) is 0 Å². The smallest absolute Gasteiger partial charge is 0.289 e. The van der Waals surface area contributed by atoms with Crippen LogP contribution >= 0.6 is 0 Å². The van der Waals surface area contributed by atoms with Crippen molar-refractivity contribution in [2.75, 3.05) is 0 Å². The molecule has 1 fully saturated rings. The molecule has 3 aromatic rings. The van der Waals surface area contributed by atoms with E-state index < -0.39 is 23.6 Å². The minimum Gasteiger partial charge on any atom is -0.347 e. The maximum Gasteiger partial charge on any atom is 0.289 e. The number of benzene rings is 1. The number of amides is 2. The van der Waals surface area contributed by atoms with Crippen LogP contribution in [0.4, 0.5) is 0 Å². The van der Waals surface area contributed by atoms with Gasteiger partial charge in [-0.15, -0.1) is 0 Å². The second-order valence-corrected chi connectivity index (χ2v) is 7.47. The predicted molar refractivity (Wildman–Crippen MR) is 111 cm³/mol. The Bertz CT molecular complexity index is 1090. The normalized spacial score (nSPS) is 14.0. The average molecular weight is 418 g/mol. The standard InChI is InChI=1S/C22H22N6O3/c1-14-11-18(28(27-14)19-13-23-9-10-24-19)21(30)26-17(12-15-5-3-2-4-6-15)20(29)22(31)25-16-7-8-16/h2-6,9-11,13,16-17H,7-8,12H2,1H3,(H,25,31)(H,26,30). The van der Waals surface area contributed by atoms with Gasteiger partial charge >= 0.3 is 0 Å². The van der Waals surface area contributed by atoms with Crippen molar-refractivity contribution in [1.82, 2.24) is 30.4 Å². The molecule has 4 rings (SSSR count). The molecule has 9 nitrogen and oxygen atoms in total. The summed E-state index contributed by atoms with van der Waals surface area (Å²) >= 11 is 0. The van der Waals surface area contributed by atoms with E-state index in [1.165, 1.54) is 23.3 Å². The summed E-state index contributed by atoms with van der Waals surface area (Å²) in [6, 6.07) is 9.87. The lowest BCUT2D eigenvalue weighted by Crippen LogP contribution is -2.49. The first-order chi connectivity index (χ1) is 15.0. The van der Waals surface area contributed by atoms with Gasteiger partial charge in [-0.25, -0.2) is 9.67 Å². The Hall–Kier alpha value is -3.88. The van der Waals surface area contributed by atoms with Crippen LogP contribution in [-0.2, 0) is 16.0 Å². The van der Waals surface area contributed by atoms with Gasteiger partial charge in [0.05, 0.1) is 11.9 Å². The SMILES string of the molecule is Cc1cc(C(=O)NC(Cc2ccccc2)C(=O)C(=O)NC2CC2)n(-c2cnccn2)n1. The van der Waals surface area contributed by atoms with Crippen molar-refractivity contribution in [2.24, 2.45) is 0 Å². The van der Waals surface area contributed by atoms with E-state index in [0.717, 1.165) is 18.4 Å². The van der Waals surface area contributed by atoms with Gasteiger partial charge in [-0.05, 0) is 31.4 Å². The molecule has 158 valence electrons. The van der Waals surface area contributed by atoms with Gasteiger partial charge < -0.3 is 10.6 Å². The summed E-state index contributed by atoms with van der Waals surface area (Å²) in [6.45, 7) is 1.75. The molecular weight excluding hydrogens is 396 g/mol. The van der Waals surface area contributed by atoms with Crippen LogP contribution in [0, 0.1) is 6.92 Å². The van der Waals surface area contributed by atoms with Crippen molar-refractivity contribution in [1.29, 1.82) is 0 Å². The maximum atomic E-state index is 13.1. The van der Waals surface area contributed by atoms with Crippen LogP contribution in [0.3, 0.4) is 0 Å². The Morgan fingerprint density at radius 1 is 1.16 bits per heavy atom. The van der Waals surface area contributed by atoms with Crippen molar-refractivity contribution in [3.05, 3.63) is 71.9 Å². The van der Waals surface area contributed by atoms with Gasteiger partial charge in [-0.2, -0.15) is 5.10 Å². The zero-order valence-electron chi connectivity index (χ0n) is 17.0. The molecule has 1 aliphatic rings. The average Bonchev–Trinajstić information content (AvgIpc) is 3.51. The molecule has 0 bridgehead atoms. The van der Waals surface area contributed by atoms with Crippen molar-refractivity contribution in [3.63, 3.8) is 0 Å². The molecular formula is C22H22N6O3. The number of aromatic nitrogens is 4. The monoisotopic (exact) mass is 418 g/mol. The summed E-state index contributed by atoms with van der Waals surface area (Å²) in [5, 5.41) is 9.73. The number of ketones is 1. The van der Waals surface area contributed by atoms with Crippen molar-refractivity contribution in [3.8, 4) is 5.82 Å². The van der Waals surface area contributed by atoms with Crippen LogP contribution in [-0.4, -0.2) is 49.4 Å². The quantitative estimate of drug-likeness (QED) is 0.530. The minimum absolute atomic E-state index is 0.0465. The number of aryl methyl sites for hydroxylation is 1. The van der Waals surface area contributed by atoms with Gasteiger partial charge in [0.25, 0.3) is 11.8 Å². The largest absolute Gasteiger partial charge is 0.347 e. The number of carbonyl (C=O) groups is 3. The Labute approximate surface area is 178 Å². The summed E-state index contributed by atoms with van der Waals surface area (Å²) in [5.41, 5.74) is 1.64. The third kappa shape index (κ3) is 5.00. The first-order valence-electron chi connectivity index (χ1n) is 10.0. The Kier molecular flexibility index (Phi) is 5.83. The van der Waals surface area contributed by atoms with Gasteiger partial charge in [-0.3, -0.25) is 19.4 Å². The van der Waals surface area contributed by atoms with Crippen molar-refractivity contribution in [2.45, 2.75) is 38.3 Å².